The predicted molar refractivity (Wildman–Crippen MR) is 265 cm³/mol. The van der Waals surface area contributed by atoms with E-state index in [1.54, 1.807) is 0 Å². The average molecular weight is 800 g/mol. The Hall–Kier alpha value is -8.40. The summed E-state index contributed by atoms with van der Waals surface area (Å²) in [6, 6.07) is 83.0. The Bertz CT molecular complexity index is 3930. The van der Waals surface area contributed by atoms with Crippen molar-refractivity contribution in [2.45, 2.75) is 0 Å². The molecule has 14 rings (SSSR count). The Morgan fingerprint density at radius 3 is 0.825 bits per heavy atom. The van der Waals surface area contributed by atoms with Crippen molar-refractivity contribution in [3.05, 3.63) is 224 Å². The Labute approximate surface area is 363 Å². The van der Waals surface area contributed by atoms with Crippen molar-refractivity contribution in [2.24, 2.45) is 0 Å². The maximum Gasteiger partial charge on any atom is 0.0542 e. The molecule has 3 aromatic heterocycles. The zero-order valence-electron chi connectivity index (χ0n) is 34.2. The van der Waals surface area contributed by atoms with Crippen LogP contribution in [0.2, 0.25) is 0 Å². The van der Waals surface area contributed by atoms with Crippen LogP contribution in [0.1, 0.15) is 0 Å². The van der Waals surface area contributed by atoms with Gasteiger partial charge in [0.15, 0.2) is 0 Å². The first-order valence-corrected chi connectivity index (χ1v) is 21.8. The fourth-order valence-electron chi connectivity index (χ4n) is 10.9. The lowest BCUT2D eigenvalue weighted by Crippen LogP contribution is -2.01. The Kier molecular flexibility index (Phi) is 7.11. The van der Waals surface area contributed by atoms with E-state index in [9.17, 15) is 0 Å². The largest absolute Gasteiger partial charge is 0.309 e. The SMILES string of the molecule is c1ccc2c(c1)-c1ccccc1-c1cc(-n3c4ccccc4c4cc(-n5c6ccccc6c6ccccc65)ccc43)ccc1-c1cc(-n3c4ccccc4c4ccccc43)ccc1-2. The smallest absolute Gasteiger partial charge is 0.0542 e. The first kappa shape index (κ1) is 34.3. The second-order valence-electron chi connectivity index (χ2n) is 16.8. The standard InChI is InChI=1S/C60H37N3/c1-2-17-43-41(15-1)42-16-3-4-18-44(42)52-35-39(30-33-46(52)53-36-38(29-32-45(43)53)61-55-24-10-5-19-47(55)48-20-6-11-25-56(48)61)63-59-28-14-9-23-51(59)54-37-40(31-34-60(54)63)62-57-26-12-7-21-49(57)50-22-8-13-27-58(50)62/h1-37H. The Balaban J connectivity index is 1.02. The molecule has 3 heterocycles. The van der Waals surface area contributed by atoms with Crippen molar-refractivity contribution in [1.82, 2.24) is 13.7 Å². The van der Waals surface area contributed by atoms with Gasteiger partial charge in [-0.3, -0.25) is 0 Å². The molecule has 13 aromatic rings. The highest BCUT2D eigenvalue weighted by atomic mass is 15.0. The number of para-hydroxylation sites is 5. The molecule has 0 aliphatic heterocycles. The van der Waals surface area contributed by atoms with Gasteiger partial charge in [-0.15, -0.1) is 0 Å². The fraction of sp³-hybridized carbons (Fsp3) is 0. The number of rotatable bonds is 3. The summed E-state index contributed by atoms with van der Waals surface area (Å²) in [5, 5.41) is 7.52. The van der Waals surface area contributed by atoms with E-state index in [0.29, 0.717) is 0 Å². The molecule has 292 valence electrons. The summed E-state index contributed by atoms with van der Waals surface area (Å²) in [6.45, 7) is 0. The minimum Gasteiger partial charge on any atom is -0.309 e. The maximum atomic E-state index is 2.46. The molecule has 0 bridgehead atoms. The minimum absolute atomic E-state index is 1.13. The Morgan fingerprint density at radius 1 is 0.175 bits per heavy atom. The van der Waals surface area contributed by atoms with Gasteiger partial charge < -0.3 is 13.7 Å². The monoisotopic (exact) mass is 799 g/mol. The molecule has 0 atom stereocenters. The first-order chi connectivity index (χ1) is 31.3. The fourth-order valence-corrected chi connectivity index (χ4v) is 10.9. The zero-order chi connectivity index (χ0) is 41.2. The van der Waals surface area contributed by atoms with E-state index in [1.165, 1.54) is 110 Å². The highest BCUT2D eigenvalue weighted by Gasteiger charge is 2.25. The van der Waals surface area contributed by atoms with Crippen molar-refractivity contribution < 1.29 is 0 Å². The molecule has 63 heavy (non-hydrogen) atoms. The summed E-state index contributed by atoms with van der Waals surface area (Å²) in [7, 11) is 0. The molecule has 0 saturated carbocycles. The molecule has 1 aliphatic carbocycles. The van der Waals surface area contributed by atoms with Gasteiger partial charge in [0.2, 0.25) is 0 Å². The highest BCUT2D eigenvalue weighted by Crippen LogP contribution is 2.49. The summed E-state index contributed by atoms with van der Waals surface area (Å²) in [5.41, 5.74) is 20.5. The van der Waals surface area contributed by atoms with Crippen LogP contribution in [0.15, 0.2) is 224 Å². The number of hydrogen-bond donors (Lipinski definition) is 0. The molecule has 10 aromatic carbocycles. The van der Waals surface area contributed by atoms with Gasteiger partial charge in [-0.1, -0.05) is 152 Å². The van der Waals surface area contributed by atoms with E-state index in [4.69, 9.17) is 0 Å². The molecular formula is C60H37N3. The molecule has 3 heteroatoms. The average Bonchev–Trinajstić information content (AvgIpc) is 3.99. The maximum absolute atomic E-state index is 2.46. The summed E-state index contributed by atoms with van der Waals surface area (Å²) in [4.78, 5) is 0. The number of aromatic nitrogens is 3. The first-order valence-electron chi connectivity index (χ1n) is 21.8. The minimum atomic E-state index is 1.13. The number of nitrogens with zero attached hydrogens (tertiary/aromatic N) is 3. The van der Waals surface area contributed by atoms with Gasteiger partial charge in [-0.25, -0.2) is 0 Å². The molecular weight excluding hydrogens is 763 g/mol. The van der Waals surface area contributed by atoms with Crippen LogP contribution >= 0.6 is 0 Å². The van der Waals surface area contributed by atoms with Crippen LogP contribution in [0.25, 0.3) is 127 Å². The molecule has 0 amide bonds. The third kappa shape index (κ3) is 4.85. The molecule has 0 unspecified atom stereocenters. The van der Waals surface area contributed by atoms with Gasteiger partial charge in [0.1, 0.15) is 0 Å². The van der Waals surface area contributed by atoms with Gasteiger partial charge in [-0.05, 0) is 117 Å². The Morgan fingerprint density at radius 2 is 0.429 bits per heavy atom. The van der Waals surface area contributed by atoms with E-state index >= 15 is 0 Å². The second-order valence-corrected chi connectivity index (χ2v) is 16.8. The third-order valence-corrected chi connectivity index (χ3v) is 13.6. The van der Waals surface area contributed by atoms with Crippen molar-refractivity contribution in [2.75, 3.05) is 0 Å². The summed E-state index contributed by atoms with van der Waals surface area (Å²) in [6.07, 6.45) is 0. The summed E-state index contributed by atoms with van der Waals surface area (Å²) in [5.74, 6) is 0. The molecule has 0 saturated heterocycles. The van der Waals surface area contributed by atoms with E-state index in [2.05, 4.69) is 238 Å². The molecule has 3 nitrogen and oxygen atoms in total. The lowest BCUT2D eigenvalue weighted by molar-refractivity contribution is 1.16. The third-order valence-electron chi connectivity index (χ3n) is 13.6. The van der Waals surface area contributed by atoms with E-state index in [1.807, 2.05) is 0 Å². The molecule has 0 fully saturated rings. The van der Waals surface area contributed by atoms with Crippen LogP contribution in [-0.4, -0.2) is 13.7 Å². The van der Waals surface area contributed by atoms with Crippen LogP contribution in [-0.2, 0) is 0 Å². The van der Waals surface area contributed by atoms with Crippen molar-refractivity contribution in [1.29, 1.82) is 0 Å². The summed E-state index contributed by atoms with van der Waals surface area (Å²) >= 11 is 0. The normalized spacial score (nSPS) is 12.1. The van der Waals surface area contributed by atoms with Crippen LogP contribution in [0.5, 0.6) is 0 Å². The predicted octanol–water partition coefficient (Wildman–Crippen LogP) is 16.0. The molecule has 0 spiro atoms. The van der Waals surface area contributed by atoms with Crippen LogP contribution in [0, 0.1) is 0 Å². The van der Waals surface area contributed by atoms with Crippen LogP contribution < -0.4 is 0 Å². The molecule has 1 aliphatic rings. The van der Waals surface area contributed by atoms with E-state index < -0.39 is 0 Å². The number of benzene rings is 10. The van der Waals surface area contributed by atoms with Gasteiger partial charge in [0.25, 0.3) is 0 Å². The summed E-state index contributed by atoms with van der Waals surface area (Å²) < 4.78 is 7.32. The van der Waals surface area contributed by atoms with Gasteiger partial charge in [0.05, 0.1) is 33.1 Å². The van der Waals surface area contributed by atoms with Crippen molar-refractivity contribution in [3.8, 4) is 61.6 Å². The molecule has 0 N–H and O–H groups in total. The van der Waals surface area contributed by atoms with E-state index in [0.717, 1.165) is 17.1 Å². The van der Waals surface area contributed by atoms with Gasteiger partial charge in [-0.2, -0.15) is 0 Å². The quantitative estimate of drug-likeness (QED) is 0.169. The number of fused-ring (bicyclic) bond motifs is 17. The van der Waals surface area contributed by atoms with E-state index in [-0.39, 0.29) is 0 Å². The van der Waals surface area contributed by atoms with Crippen molar-refractivity contribution >= 4 is 65.4 Å². The van der Waals surface area contributed by atoms with Gasteiger partial charge >= 0.3 is 0 Å². The highest BCUT2D eigenvalue weighted by molar-refractivity contribution is 6.13. The van der Waals surface area contributed by atoms with Gasteiger partial charge in [0, 0.05) is 49.4 Å². The van der Waals surface area contributed by atoms with Crippen LogP contribution in [0.4, 0.5) is 0 Å². The second kappa shape index (κ2) is 13.1. The lowest BCUT2D eigenvalue weighted by atomic mass is 9.80. The van der Waals surface area contributed by atoms with Crippen LogP contribution in [0.3, 0.4) is 0 Å². The molecule has 0 radical (unpaired) electrons. The number of hydrogen-bond acceptors (Lipinski definition) is 0. The topological polar surface area (TPSA) is 14.8 Å². The zero-order valence-corrected chi connectivity index (χ0v) is 34.2. The lowest BCUT2D eigenvalue weighted by Gasteiger charge is -2.24. The van der Waals surface area contributed by atoms with Crippen molar-refractivity contribution in [3.63, 3.8) is 0 Å².